The molecule has 0 aliphatic heterocycles. The van der Waals surface area contributed by atoms with Crippen molar-refractivity contribution in [3.05, 3.63) is 112 Å². The predicted octanol–water partition coefficient (Wildman–Crippen LogP) is 5.76. The molecule has 3 heterocycles. The molecule has 3 aromatic heterocycles. The molecule has 2 N–H and O–H groups in total. The predicted molar refractivity (Wildman–Crippen MR) is 131 cm³/mol. The summed E-state index contributed by atoms with van der Waals surface area (Å²) >= 11 is 0. The maximum Gasteiger partial charge on any atom is 0.261 e. The summed E-state index contributed by atoms with van der Waals surface area (Å²) in [6, 6.07) is 11.7. The van der Waals surface area contributed by atoms with E-state index in [0.29, 0.717) is 11.3 Å². The summed E-state index contributed by atoms with van der Waals surface area (Å²) in [7, 11) is 0. The molecule has 37 heavy (non-hydrogen) atoms. The standard InChI is InChI=1S/C27H17F3N4O3/c1-14-24(15-2-4-16(28)5-3-15)26(35)19(13-32-14)27(36)34-18-6-7-22(20(30)11-18)37-23-8-9-31-21-10-17(29)12-33-25(21)23/h2-13H,1H3,(H,32,35)(H,34,36). The van der Waals surface area contributed by atoms with E-state index in [2.05, 4.69) is 20.3 Å². The number of fused-ring (bicyclic) bond motifs is 1. The summed E-state index contributed by atoms with van der Waals surface area (Å²) in [5, 5.41) is 2.50. The first-order chi connectivity index (χ1) is 17.8. The number of aryl methyl sites for hydroxylation is 1. The van der Waals surface area contributed by atoms with Crippen LogP contribution in [0.3, 0.4) is 0 Å². The number of pyridine rings is 3. The van der Waals surface area contributed by atoms with E-state index in [1.807, 2.05) is 0 Å². The summed E-state index contributed by atoms with van der Waals surface area (Å²) < 4.78 is 47.2. The number of hydrogen-bond donors (Lipinski definition) is 2. The van der Waals surface area contributed by atoms with Crippen LogP contribution in [0, 0.1) is 24.4 Å². The molecule has 184 valence electrons. The Balaban J connectivity index is 1.39. The van der Waals surface area contributed by atoms with Crippen molar-refractivity contribution in [1.29, 1.82) is 0 Å². The smallest absolute Gasteiger partial charge is 0.261 e. The minimum Gasteiger partial charge on any atom is -0.452 e. The van der Waals surface area contributed by atoms with E-state index in [0.717, 1.165) is 12.3 Å². The van der Waals surface area contributed by atoms with E-state index in [1.165, 1.54) is 60.9 Å². The molecule has 0 saturated carbocycles. The van der Waals surface area contributed by atoms with Crippen molar-refractivity contribution in [2.75, 3.05) is 5.32 Å². The Bertz CT molecular complexity index is 1720. The molecular formula is C27H17F3N4O3. The average molecular weight is 502 g/mol. The lowest BCUT2D eigenvalue weighted by molar-refractivity contribution is 0.102. The molecule has 0 radical (unpaired) electrons. The number of nitrogens with zero attached hydrogens (tertiary/aromatic N) is 2. The third kappa shape index (κ3) is 4.76. The molecule has 0 unspecified atom stereocenters. The molecule has 5 aromatic rings. The van der Waals surface area contributed by atoms with Crippen molar-refractivity contribution in [2.24, 2.45) is 0 Å². The largest absolute Gasteiger partial charge is 0.452 e. The first-order valence-electron chi connectivity index (χ1n) is 11.0. The molecule has 0 aliphatic rings. The van der Waals surface area contributed by atoms with Gasteiger partial charge in [0.1, 0.15) is 22.7 Å². The van der Waals surface area contributed by atoms with Gasteiger partial charge in [-0.3, -0.25) is 14.6 Å². The van der Waals surface area contributed by atoms with Gasteiger partial charge in [-0.25, -0.2) is 18.2 Å². The second kappa shape index (κ2) is 9.57. The van der Waals surface area contributed by atoms with E-state index in [-0.39, 0.29) is 39.3 Å². The average Bonchev–Trinajstić information content (AvgIpc) is 2.86. The molecule has 0 bridgehead atoms. The fourth-order valence-electron chi connectivity index (χ4n) is 3.80. The SMILES string of the molecule is Cc1[nH]cc(C(=O)Nc2ccc(Oc3ccnc4cc(F)cnc34)c(F)c2)c(=O)c1-c1ccc(F)cc1. The van der Waals surface area contributed by atoms with Crippen molar-refractivity contribution in [3.63, 3.8) is 0 Å². The minimum absolute atomic E-state index is 0.0814. The van der Waals surface area contributed by atoms with Gasteiger partial charge >= 0.3 is 0 Å². The van der Waals surface area contributed by atoms with Crippen LogP contribution >= 0.6 is 0 Å². The van der Waals surface area contributed by atoms with Gasteiger partial charge < -0.3 is 15.0 Å². The second-order valence-corrected chi connectivity index (χ2v) is 8.07. The minimum atomic E-state index is -0.797. The number of halogens is 3. The number of nitrogens with one attached hydrogen (secondary N) is 2. The Labute approximate surface area is 207 Å². The Kier molecular flexibility index (Phi) is 6.14. The zero-order chi connectivity index (χ0) is 26.1. The van der Waals surface area contributed by atoms with Crippen LogP contribution < -0.4 is 15.5 Å². The fraction of sp³-hybridized carbons (Fsp3) is 0.0370. The summed E-state index contributed by atoms with van der Waals surface area (Å²) in [5.74, 6) is -2.58. The van der Waals surface area contributed by atoms with Gasteiger partial charge in [-0.2, -0.15) is 0 Å². The van der Waals surface area contributed by atoms with Crippen LogP contribution in [-0.2, 0) is 0 Å². The van der Waals surface area contributed by atoms with Gasteiger partial charge in [0.2, 0.25) is 5.43 Å². The molecule has 7 nitrogen and oxygen atoms in total. The van der Waals surface area contributed by atoms with Crippen LogP contribution in [0.1, 0.15) is 16.1 Å². The van der Waals surface area contributed by atoms with Gasteiger partial charge in [0, 0.05) is 47.5 Å². The van der Waals surface area contributed by atoms with E-state index in [4.69, 9.17) is 4.74 Å². The number of amides is 1. The van der Waals surface area contributed by atoms with Crippen LogP contribution in [0.15, 0.2) is 78.0 Å². The number of aromatic amines is 1. The maximum absolute atomic E-state index is 14.8. The van der Waals surface area contributed by atoms with Crippen LogP contribution in [0.5, 0.6) is 11.5 Å². The van der Waals surface area contributed by atoms with Gasteiger partial charge in [0.15, 0.2) is 17.3 Å². The highest BCUT2D eigenvalue weighted by Crippen LogP contribution is 2.30. The van der Waals surface area contributed by atoms with Gasteiger partial charge in [-0.1, -0.05) is 12.1 Å². The Morgan fingerprint density at radius 3 is 2.49 bits per heavy atom. The summed E-state index contributed by atoms with van der Waals surface area (Å²) in [6.45, 7) is 1.66. The number of anilines is 1. The van der Waals surface area contributed by atoms with Crippen molar-refractivity contribution in [3.8, 4) is 22.6 Å². The summed E-state index contributed by atoms with van der Waals surface area (Å²) in [4.78, 5) is 36.7. The van der Waals surface area contributed by atoms with E-state index < -0.39 is 28.8 Å². The fourth-order valence-corrected chi connectivity index (χ4v) is 3.80. The first kappa shape index (κ1) is 23.7. The third-order valence-corrected chi connectivity index (χ3v) is 5.57. The Morgan fingerprint density at radius 2 is 1.73 bits per heavy atom. The number of rotatable bonds is 5. The number of ether oxygens (including phenoxy) is 1. The Hall–Kier alpha value is -4.99. The number of carbonyl (C=O) groups is 1. The molecule has 0 fully saturated rings. The monoisotopic (exact) mass is 502 g/mol. The zero-order valence-electron chi connectivity index (χ0n) is 19.2. The van der Waals surface area contributed by atoms with Crippen molar-refractivity contribution in [1.82, 2.24) is 15.0 Å². The molecule has 0 saturated heterocycles. The molecule has 0 spiro atoms. The van der Waals surface area contributed by atoms with E-state index in [9.17, 15) is 22.8 Å². The van der Waals surface area contributed by atoms with Crippen molar-refractivity contribution in [2.45, 2.75) is 6.92 Å². The number of H-pyrrole nitrogens is 1. The third-order valence-electron chi connectivity index (χ3n) is 5.57. The highest BCUT2D eigenvalue weighted by atomic mass is 19.1. The quantitative estimate of drug-likeness (QED) is 0.319. The molecule has 2 aromatic carbocycles. The van der Waals surface area contributed by atoms with Crippen molar-refractivity contribution < 1.29 is 22.7 Å². The lowest BCUT2D eigenvalue weighted by Crippen LogP contribution is -2.23. The summed E-state index contributed by atoms with van der Waals surface area (Å²) in [6.07, 6.45) is 3.64. The lowest BCUT2D eigenvalue weighted by atomic mass is 10.0. The van der Waals surface area contributed by atoms with Gasteiger partial charge in [-0.15, -0.1) is 0 Å². The highest BCUT2D eigenvalue weighted by Gasteiger charge is 2.18. The second-order valence-electron chi connectivity index (χ2n) is 8.07. The van der Waals surface area contributed by atoms with E-state index in [1.54, 1.807) is 6.92 Å². The lowest BCUT2D eigenvalue weighted by Gasteiger charge is -2.11. The van der Waals surface area contributed by atoms with Crippen molar-refractivity contribution >= 4 is 22.6 Å². The zero-order valence-corrected chi connectivity index (χ0v) is 19.2. The van der Waals surface area contributed by atoms with Gasteiger partial charge in [-0.05, 0) is 36.8 Å². The first-order valence-corrected chi connectivity index (χ1v) is 11.0. The normalized spacial score (nSPS) is 10.9. The molecule has 10 heteroatoms. The number of carbonyl (C=O) groups excluding carboxylic acids is 1. The van der Waals surface area contributed by atoms with Crippen LogP contribution in [-0.4, -0.2) is 20.9 Å². The number of hydrogen-bond acceptors (Lipinski definition) is 5. The van der Waals surface area contributed by atoms with Crippen LogP contribution in [0.4, 0.5) is 18.9 Å². The highest BCUT2D eigenvalue weighted by molar-refractivity contribution is 6.04. The van der Waals surface area contributed by atoms with E-state index >= 15 is 0 Å². The van der Waals surface area contributed by atoms with Crippen LogP contribution in [0.2, 0.25) is 0 Å². The topological polar surface area (TPSA) is 97.0 Å². The van der Waals surface area contributed by atoms with Crippen LogP contribution in [0.25, 0.3) is 22.2 Å². The summed E-state index contributed by atoms with van der Waals surface area (Å²) in [5.41, 5.74) is 0.978. The molecular weight excluding hydrogens is 485 g/mol. The molecule has 5 rings (SSSR count). The maximum atomic E-state index is 14.8. The Morgan fingerprint density at radius 1 is 0.946 bits per heavy atom. The van der Waals surface area contributed by atoms with Gasteiger partial charge in [0.05, 0.1) is 11.7 Å². The molecule has 1 amide bonds. The molecule has 0 aliphatic carbocycles. The number of aromatic nitrogens is 3. The van der Waals surface area contributed by atoms with Gasteiger partial charge in [0.25, 0.3) is 5.91 Å². The molecule has 0 atom stereocenters. The number of benzene rings is 2.